The highest BCUT2D eigenvalue weighted by Crippen LogP contribution is 2.40. The molecule has 6 heteroatoms. The number of carboxylic acid groups (broad SMARTS) is 1. The highest BCUT2D eigenvalue weighted by molar-refractivity contribution is 5.87. The van der Waals surface area contributed by atoms with E-state index in [1.807, 2.05) is 13.8 Å². The molecule has 2 amide bonds. The quantitative estimate of drug-likeness (QED) is 0.809. The third-order valence-corrected chi connectivity index (χ3v) is 5.33. The molecule has 23 heavy (non-hydrogen) atoms. The molecule has 130 valence electrons. The van der Waals surface area contributed by atoms with E-state index < -0.39 is 12.0 Å². The van der Waals surface area contributed by atoms with Gasteiger partial charge in [0.25, 0.3) is 0 Å². The minimum atomic E-state index is -0.914. The molecular formula is C17H28N2O4. The molecule has 2 fully saturated rings. The number of hydrogen-bond acceptors (Lipinski definition) is 3. The summed E-state index contributed by atoms with van der Waals surface area (Å²) < 4.78 is 0. The van der Waals surface area contributed by atoms with Crippen LogP contribution in [-0.2, 0) is 14.4 Å². The lowest BCUT2D eigenvalue weighted by Crippen LogP contribution is -2.46. The minimum Gasteiger partial charge on any atom is -0.480 e. The van der Waals surface area contributed by atoms with Crippen LogP contribution in [0, 0.1) is 5.92 Å². The number of carbonyl (C=O) groups excluding carboxylic acids is 2. The fraction of sp³-hybridized carbons (Fsp3) is 0.824. The van der Waals surface area contributed by atoms with E-state index in [-0.39, 0.29) is 30.7 Å². The highest BCUT2D eigenvalue weighted by Gasteiger charge is 2.47. The van der Waals surface area contributed by atoms with Gasteiger partial charge in [0.05, 0.1) is 0 Å². The van der Waals surface area contributed by atoms with Gasteiger partial charge in [-0.2, -0.15) is 0 Å². The zero-order valence-electron chi connectivity index (χ0n) is 14.2. The predicted molar refractivity (Wildman–Crippen MR) is 85.8 cm³/mol. The van der Waals surface area contributed by atoms with Gasteiger partial charge in [0.1, 0.15) is 6.04 Å². The van der Waals surface area contributed by atoms with E-state index in [2.05, 4.69) is 0 Å². The molecular weight excluding hydrogens is 296 g/mol. The summed E-state index contributed by atoms with van der Waals surface area (Å²) in [6.07, 6.45) is 4.92. The second kappa shape index (κ2) is 7.79. The normalized spacial score (nSPS) is 26.7. The van der Waals surface area contributed by atoms with Crippen LogP contribution in [0.15, 0.2) is 0 Å². The van der Waals surface area contributed by atoms with Crippen LogP contribution in [0.4, 0.5) is 0 Å². The lowest BCUT2D eigenvalue weighted by atomic mass is 9.84. The fourth-order valence-electron chi connectivity index (χ4n) is 4.12. The van der Waals surface area contributed by atoms with Crippen LogP contribution in [0.1, 0.15) is 58.8 Å². The number of likely N-dealkylation sites (tertiary alicyclic amines) is 1. The number of carbonyl (C=O) groups is 3. The second-order valence-electron chi connectivity index (χ2n) is 6.57. The van der Waals surface area contributed by atoms with Crippen LogP contribution in [0.2, 0.25) is 0 Å². The third kappa shape index (κ3) is 3.85. The van der Waals surface area contributed by atoms with Crippen molar-refractivity contribution in [2.75, 3.05) is 13.1 Å². The van der Waals surface area contributed by atoms with Crippen molar-refractivity contribution in [2.45, 2.75) is 70.9 Å². The van der Waals surface area contributed by atoms with E-state index >= 15 is 0 Å². The maximum atomic E-state index is 12.6. The summed E-state index contributed by atoms with van der Waals surface area (Å²) in [5.74, 6) is -0.808. The number of nitrogens with zero attached hydrogens (tertiary/aromatic N) is 2. The summed E-state index contributed by atoms with van der Waals surface area (Å²) in [6.45, 7) is 5.10. The summed E-state index contributed by atoms with van der Waals surface area (Å²) in [5, 5.41) is 9.45. The molecule has 3 atom stereocenters. The first-order valence-corrected chi connectivity index (χ1v) is 8.81. The number of amides is 2. The van der Waals surface area contributed by atoms with E-state index in [1.54, 1.807) is 9.80 Å². The maximum absolute atomic E-state index is 12.6. The number of rotatable bonds is 6. The molecule has 0 spiro atoms. The molecule has 1 saturated carbocycles. The lowest BCUT2D eigenvalue weighted by molar-refractivity contribution is -0.150. The van der Waals surface area contributed by atoms with Crippen molar-refractivity contribution in [3.8, 4) is 0 Å². The number of carboxylic acids is 1. The van der Waals surface area contributed by atoms with Gasteiger partial charge in [-0.05, 0) is 39.0 Å². The van der Waals surface area contributed by atoms with Crippen molar-refractivity contribution < 1.29 is 19.5 Å². The van der Waals surface area contributed by atoms with E-state index in [1.165, 1.54) is 0 Å². The lowest BCUT2D eigenvalue weighted by Gasteiger charge is -2.33. The Morgan fingerprint density at radius 3 is 2.35 bits per heavy atom. The molecule has 0 bridgehead atoms. The van der Waals surface area contributed by atoms with Crippen LogP contribution in [0.5, 0.6) is 0 Å². The largest absolute Gasteiger partial charge is 0.480 e. The molecule has 6 nitrogen and oxygen atoms in total. The van der Waals surface area contributed by atoms with E-state index in [9.17, 15) is 19.5 Å². The summed E-state index contributed by atoms with van der Waals surface area (Å²) in [4.78, 5) is 39.5. The second-order valence-corrected chi connectivity index (χ2v) is 6.57. The van der Waals surface area contributed by atoms with Crippen molar-refractivity contribution in [3.05, 3.63) is 0 Å². The van der Waals surface area contributed by atoms with Gasteiger partial charge in [0.2, 0.25) is 11.8 Å². The summed E-state index contributed by atoms with van der Waals surface area (Å²) in [7, 11) is 0. The predicted octanol–water partition coefficient (Wildman–Crippen LogP) is 1.88. The Kier molecular flexibility index (Phi) is 6.02. The Labute approximate surface area is 137 Å². The average molecular weight is 324 g/mol. The molecule has 0 aromatic rings. The van der Waals surface area contributed by atoms with E-state index in [0.29, 0.717) is 25.4 Å². The van der Waals surface area contributed by atoms with Crippen molar-refractivity contribution in [2.24, 2.45) is 5.92 Å². The number of aliphatic carboxylic acids is 1. The molecule has 1 aliphatic carbocycles. The molecule has 3 unspecified atom stereocenters. The topological polar surface area (TPSA) is 77.9 Å². The molecule has 2 rings (SSSR count). The van der Waals surface area contributed by atoms with Gasteiger partial charge in [-0.25, -0.2) is 4.79 Å². The first kappa shape index (κ1) is 17.8. The Morgan fingerprint density at radius 1 is 1.09 bits per heavy atom. The first-order valence-electron chi connectivity index (χ1n) is 8.81. The molecule has 0 radical (unpaired) electrons. The molecule has 1 heterocycles. The van der Waals surface area contributed by atoms with Crippen LogP contribution in [0.25, 0.3) is 0 Å². The first-order chi connectivity index (χ1) is 11.0. The monoisotopic (exact) mass is 324 g/mol. The van der Waals surface area contributed by atoms with E-state index in [4.69, 9.17) is 0 Å². The van der Waals surface area contributed by atoms with Gasteiger partial charge >= 0.3 is 5.97 Å². The van der Waals surface area contributed by atoms with Crippen molar-refractivity contribution in [3.63, 3.8) is 0 Å². The van der Waals surface area contributed by atoms with Gasteiger partial charge in [-0.15, -0.1) is 0 Å². The van der Waals surface area contributed by atoms with Gasteiger partial charge in [-0.3, -0.25) is 9.59 Å². The standard InChI is InChI=1S/C17H28N2O4/c1-3-18(4-2)15(20)9-10-16(21)19-13-8-6-5-7-12(13)11-14(19)17(22)23/h12-14H,3-11H2,1-2H3,(H,22,23). The molecule has 2 aliphatic rings. The smallest absolute Gasteiger partial charge is 0.326 e. The molecule has 0 aromatic heterocycles. The van der Waals surface area contributed by atoms with Crippen molar-refractivity contribution in [1.29, 1.82) is 0 Å². The molecule has 1 N–H and O–H groups in total. The maximum Gasteiger partial charge on any atom is 0.326 e. The van der Waals surface area contributed by atoms with Crippen molar-refractivity contribution in [1.82, 2.24) is 9.80 Å². The Balaban J connectivity index is 2.00. The van der Waals surface area contributed by atoms with Crippen LogP contribution in [0.3, 0.4) is 0 Å². The zero-order chi connectivity index (χ0) is 17.0. The number of fused-ring (bicyclic) bond motifs is 1. The molecule has 1 aliphatic heterocycles. The summed E-state index contributed by atoms with van der Waals surface area (Å²) in [6, 6.07) is -0.653. The SMILES string of the molecule is CCN(CC)C(=O)CCC(=O)N1C(C(=O)O)CC2CCCCC21. The van der Waals surface area contributed by atoms with Crippen LogP contribution in [-0.4, -0.2) is 57.9 Å². The van der Waals surface area contributed by atoms with Gasteiger partial charge in [-0.1, -0.05) is 12.8 Å². The van der Waals surface area contributed by atoms with Gasteiger partial charge in [0, 0.05) is 32.0 Å². The Bertz CT molecular complexity index is 462. The van der Waals surface area contributed by atoms with Gasteiger partial charge in [0.15, 0.2) is 0 Å². The summed E-state index contributed by atoms with van der Waals surface area (Å²) in [5.41, 5.74) is 0. The number of hydrogen-bond donors (Lipinski definition) is 1. The summed E-state index contributed by atoms with van der Waals surface area (Å²) >= 11 is 0. The Morgan fingerprint density at radius 2 is 1.74 bits per heavy atom. The van der Waals surface area contributed by atoms with E-state index in [0.717, 1.165) is 25.7 Å². The molecule has 0 aromatic carbocycles. The average Bonchev–Trinajstić information content (AvgIpc) is 2.93. The third-order valence-electron chi connectivity index (χ3n) is 5.33. The zero-order valence-corrected chi connectivity index (χ0v) is 14.2. The van der Waals surface area contributed by atoms with Crippen molar-refractivity contribution >= 4 is 17.8 Å². The van der Waals surface area contributed by atoms with Crippen LogP contribution < -0.4 is 0 Å². The molecule has 1 saturated heterocycles. The van der Waals surface area contributed by atoms with Gasteiger partial charge < -0.3 is 14.9 Å². The fourth-order valence-corrected chi connectivity index (χ4v) is 4.12. The van der Waals surface area contributed by atoms with Crippen LogP contribution >= 0.6 is 0 Å². The minimum absolute atomic E-state index is 0.0328. The Hall–Kier alpha value is -1.59. The highest BCUT2D eigenvalue weighted by atomic mass is 16.4.